The Bertz CT molecular complexity index is 463. The van der Waals surface area contributed by atoms with Gasteiger partial charge in [-0.25, -0.2) is 9.97 Å². The second kappa shape index (κ2) is 4.75. The second-order valence-corrected chi connectivity index (χ2v) is 3.83. The first-order valence-corrected chi connectivity index (χ1v) is 5.33. The lowest BCUT2D eigenvalue weighted by Gasteiger charge is -2.06. The van der Waals surface area contributed by atoms with E-state index in [9.17, 15) is 0 Å². The minimum Gasteiger partial charge on any atom is -0.366 e. The van der Waals surface area contributed by atoms with Crippen molar-refractivity contribution in [3.8, 4) is 0 Å². The van der Waals surface area contributed by atoms with Gasteiger partial charge in [0.05, 0.1) is 0 Å². The Morgan fingerprint density at radius 2 is 1.81 bits per heavy atom. The van der Waals surface area contributed by atoms with Gasteiger partial charge in [0.2, 0.25) is 0 Å². The fourth-order valence-electron chi connectivity index (χ4n) is 1.45. The highest BCUT2D eigenvalue weighted by Gasteiger charge is 1.95. The molecular weight excluding hydrogens is 198 g/mol. The molecule has 1 N–H and O–H groups in total. The van der Waals surface area contributed by atoms with E-state index in [2.05, 4.69) is 46.5 Å². The lowest BCUT2D eigenvalue weighted by atomic mass is 10.1. The van der Waals surface area contributed by atoms with Crippen molar-refractivity contribution in [1.29, 1.82) is 0 Å². The molecule has 0 aliphatic rings. The highest BCUT2D eigenvalue weighted by Crippen LogP contribution is 2.07. The van der Waals surface area contributed by atoms with Crippen LogP contribution in [0.1, 0.15) is 17.0 Å². The summed E-state index contributed by atoms with van der Waals surface area (Å²) >= 11 is 0. The van der Waals surface area contributed by atoms with Crippen LogP contribution in [0.15, 0.2) is 36.5 Å². The molecule has 0 unspecified atom stereocenters. The Morgan fingerprint density at radius 3 is 2.50 bits per heavy atom. The summed E-state index contributed by atoms with van der Waals surface area (Å²) in [7, 11) is 0. The average Bonchev–Trinajstić information content (AvgIpc) is 2.28. The molecule has 1 aromatic carbocycles. The van der Waals surface area contributed by atoms with Crippen molar-refractivity contribution in [2.24, 2.45) is 0 Å². The molecule has 0 aliphatic carbocycles. The molecule has 2 aromatic rings. The quantitative estimate of drug-likeness (QED) is 0.851. The Labute approximate surface area is 95.6 Å². The largest absolute Gasteiger partial charge is 0.366 e. The van der Waals surface area contributed by atoms with Crippen LogP contribution >= 0.6 is 0 Å². The van der Waals surface area contributed by atoms with E-state index in [0.29, 0.717) is 0 Å². The van der Waals surface area contributed by atoms with Gasteiger partial charge in [-0.1, -0.05) is 29.8 Å². The normalized spacial score (nSPS) is 10.1. The standard InChI is InChI=1S/C13H15N3/c1-10-3-5-12(6-4-10)9-15-13-7-8-14-11(2)16-13/h3-8H,9H2,1-2H3,(H,14,15,16). The molecule has 2 rings (SSSR count). The van der Waals surface area contributed by atoms with Crippen LogP contribution in [0.3, 0.4) is 0 Å². The van der Waals surface area contributed by atoms with E-state index in [-0.39, 0.29) is 0 Å². The monoisotopic (exact) mass is 213 g/mol. The molecule has 0 aliphatic heterocycles. The van der Waals surface area contributed by atoms with Crippen LogP contribution in [-0.2, 0) is 6.54 Å². The van der Waals surface area contributed by atoms with Gasteiger partial charge in [0.1, 0.15) is 11.6 Å². The molecule has 0 amide bonds. The number of aryl methyl sites for hydroxylation is 2. The Hall–Kier alpha value is -1.90. The molecule has 0 radical (unpaired) electrons. The maximum Gasteiger partial charge on any atom is 0.129 e. The third-order valence-corrected chi connectivity index (χ3v) is 2.37. The van der Waals surface area contributed by atoms with Crippen molar-refractivity contribution >= 4 is 5.82 Å². The number of nitrogens with one attached hydrogen (secondary N) is 1. The number of hydrogen-bond donors (Lipinski definition) is 1. The fraction of sp³-hybridized carbons (Fsp3) is 0.231. The van der Waals surface area contributed by atoms with E-state index in [0.717, 1.165) is 18.2 Å². The minimum atomic E-state index is 0.786. The topological polar surface area (TPSA) is 37.8 Å². The summed E-state index contributed by atoms with van der Waals surface area (Å²) in [5, 5.41) is 3.27. The van der Waals surface area contributed by atoms with Crippen molar-refractivity contribution in [3.05, 3.63) is 53.5 Å². The number of aromatic nitrogens is 2. The molecule has 82 valence electrons. The highest BCUT2D eigenvalue weighted by molar-refractivity contribution is 5.34. The molecule has 16 heavy (non-hydrogen) atoms. The van der Waals surface area contributed by atoms with Crippen LogP contribution in [0.25, 0.3) is 0 Å². The summed E-state index contributed by atoms with van der Waals surface area (Å²) in [5.74, 6) is 1.65. The van der Waals surface area contributed by atoms with Crippen LogP contribution in [0.2, 0.25) is 0 Å². The molecule has 0 atom stereocenters. The summed E-state index contributed by atoms with van der Waals surface area (Å²) in [6, 6.07) is 10.3. The number of rotatable bonds is 3. The molecule has 3 nitrogen and oxygen atoms in total. The van der Waals surface area contributed by atoms with Gasteiger partial charge in [-0.15, -0.1) is 0 Å². The van der Waals surface area contributed by atoms with Crippen LogP contribution in [0.5, 0.6) is 0 Å². The maximum atomic E-state index is 4.28. The van der Waals surface area contributed by atoms with Crippen molar-refractivity contribution in [1.82, 2.24) is 9.97 Å². The van der Waals surface area contributed by atoms with Crippen LogP contribution in [0, 0.1) is 13.8 Å². The van der Waals surface area contributed by atoms with Crippen molar-refractivity contribution in [3.63, 3.8) is 0 Å². The van der Waals surface area contributed by atoms with Crippen molar-refractivity contribution < 1.29 is 0 Å². The Morgan fingerprint density at radius 1 is 1.06 bits per heavy atom. The molecule has 0 saturated carbocycles. The summed E-state index contributed by atoms with van der Waals surface area (Å²) < 4.78 is 0. The number of nitrogens with zero attached hydrogens (tertiary/aromatic N) is 2. The van der Waals surface area contributed by atoms with Gasteiger partial charge < -0.3 is 5.32 Å². The third-order valence-electron chi connectivity index (χ3n) is 2.37. The minimum absolute atomic E-state index is 0.786. The lowest BCUT2D eigenvalue weighted by Crippen LogP contribution is -2.02. The van der Waals surface area contributed by atoms with Gasteiger partial charge >= 0.3 is 0 Å². The van der Waals surface area contributed by atoms with Gasteiger partial charge in [-0.05, 0) is 25.5 Å². The van der Waals surface area contributed by atoms with Gasteiger partial charge in [0.25, 0.3) is 0 Å². The van der Waals surface area contributed by atoms with Crippen molar-refractivity contribution in [2.45, 2.75) is 20.4 Å². The van der Waals surface area contributed by atoms with E-state index < -0.39 is 0 Å². The highest BCUT2D eigenvalue weighted by atomic mass is 15.0. The van der Waals surface area contributed by atoms with Crippen LogP contribution in [-0.4, -0.2) is 9.97 Å². The van der Waals surface area contributed by atoms with Crippen LogP contribution < -0.4 is 5.32 Å². The number of benzene rings is 1. The van der Waals surface area contributed by atoms with Crippen molar-refractivity contribution in [2.75, 3.05) is 5.32 Å². The Balaban J connectivity index is 1.99. The average molecular weight is 213 g/mol. The number of hydrogen-bond acceptors (Lipinski definition) is 3. The maximum absolute atomic E-state index is 4.28. The summed E-state index contributed by atoms with van der Waals surface area (Å²) in [5.41, 5.74) is 2.53. The molecule has 1 aromatic heterocycles. The zero-order chi connectivity index (χ0) is 11.4. The zero-order valence-corrected chi connectivity index (χ0v) is 9.57. The van der Waals surface area contributed by atoms with Gasteiger partial charge in [-0.3, -0.25) is 0 Å². The predicted octanol–water partition coefficient (Wildman–Crippen LogP) is 2.71. The van der Waals surface area contributed by atoms with Gasteiger partial charge in [0, 0.05) is 12.7 Å². The first-order valence-electron chi connectivity index (χ1n) is 5.33. The van der Waals surface area contributed by atoms with E-state index >= 15 is 0 Å². The SMILES string of the molecule is Cc1ccc(CNc2ccnc(C)n2)cc1. The Kier molecular flexibility index (Phi) is 3.15. The first kappa shape index (κ1) is 10.6. The summed E-state index contributed by atoms with van der Waals surface area (Å²) in [6.45, 7) is 4.76. The second-order valence-electron chi connectivity index (χ2n) is 3.83. The molecule has 0 spiro atoms. The van der Waals surface area contributed by atoms with Gasteiger partial charge in [0.15, 0.2) is 0 Å². The van der Waals surface area contributed by atoms with Crippen LogP contribution in [0.4, 0.5) is 5.82 Å². The molecule has 0 saturated heterocycles. The van der Waals surface area contributed by atoms with E-state index in [1.54, 1.807) is 6.20 Å². The third kappa shape index (κ3) is 2.79. The lowest BCUT2D eigenvalue weighted by molar-refractivity contribution is 1.02. The van der Waals surface area contributed by atoms with E-state index in [1.165, 1.54) is 11.1 Å². The van der Waals surface area contributed by atoms with Gasteiger partial charge in [-0.2, -0.15) is 0 Å². The smallest absolute Gasteiger partial charge is 0.129 e. The van der Waals surface area contributed by atoms with E-state index in [4.69, 9.17) is 0 Å². The molecule has 0 fully saturated rings. The fourth-order valence-corrected chi connectivity index (χ4v) is 1.45. The first-order chi connectivity index (χ1) is 7.74. The zero-order valence-electron chi connectivity index (χ0n) is 9.57. The molecular formula is C13H15N3. The molecule has 1 heterocycles. The predicted molar refractivity (Wildman–Crippen MR) is 65.3 cm³/mol. The summed E-state index contributed by atoms with van der Waals surface area (Å²) in [4.78, 5) is 8.34. The molecule has 3 heteroatoms. The number of anilines is 1. The summed E-state index contributed by atoms with van der Waals surface area (Å²) in [6.07, 6.45) is 1.76. The molecule has 0 bridgehead atoms. The van der Waals surface area contributed by atoms with E-state index in [1.807, 2.05) is 13.0 Å².